The number of fused-ring (bicyclic) bond motifs is 1. The molecule has 0 spiro atoms. The molecule has 3 heteroatoms. The fraction of sp³-hybridized carbons (Fsp3) is 0.562. The minimum atomic E-state index is -0.742. The summed E-state index contributed by atoms with van der Waals surface area (Å²) in [6.07, 6.45) is 2.10. The van der Waals surface area contributed by atoms with Crippen LogP contribution in [0.25, 0.3) is 0 Å². The van der Waals surface area contributed by atoms with Crippen LogP contribution in [-0.2, 0) is 21.4 Å². The second-order valence-corrected chi connectivity index (χ2v) is 5.76. The first-order valence-electron chi connectivity index (χ1n) is 6.96. The maximum absolute atomic E-state index is 11.8. The van der Waals surface area contributed by atoms with Gasteiger partial charge in [-0.1, -0.05) is 38.1 Å². The molecule has 1 N–H and O–H groups in total. The summed E-state index contributed by atoms with van der Waals surface area (Å²) in [5.74, 6) is -0.234. The molecule has 104 valence electrons. The molecule has 1 aliphatic carbocycles. The standard InChI is InChI=1S/C16H22O3/c1-12(2)11-19-10-9-16(15(17)18)8-7-13-5-3-4-6-14(13)16/h3-6,12H,7-11H2,1-2H3,(H,17,18). The number of benzene rings is 1. The van der Waals surface area contributed by atoms with Crippen LogP contribution >= 0.6 is 0 Å². The number of ether oxygens (including phenoxy) is 1. The molecule has 1 atom stereocenters. The van der Waals surface area contributed by atoms with E-state index in [0.29, 0.717) is 32.0 Å². The van der Waals surface area contributed by atoms with Crippen LogP contribution in [0.4, 0.5) is 0 Å². The van der Waals surface area contributed by atoms with Crippen LogP contribution in [-0.4, -0.2) is 24.3 Å². The van der Waals surface area contributed by atoms with Crippen molar-refractivity contribution in [2.24, 2.45) is 5.92 Å². The highest BCUT2D eigenvalue weighted by Crippen LogP contribution is 2.41. The van der Waals surface area contributed by atoms with Gasteiger partial charge in [0.25, 0.3) is 0 Å². The van der Waals surface area contributed by atoms with Crippen molar-refractivity contribution in [1.82, 2.24) is 0 Å². The van der Waals surface area contributed by atoms with Crippen LogP contribution in [0.15, 0.2) is 24.3 Å². The fourth-order valence-electron chi connectivity index (χ4n) is 2.84. The van der Waals surface area contributed by atoms with Crippen molar-refractivity contribution >= 4 is 5.97 Å². The Labute approximate surface area is 114 Å². The lowest BCUT2D eigenvalue weighted by atomic mass is 9.79. The first-order valence-corrected chi connectivity index (χ1v) is 6.96. The van der Waals surface area contributed by atoms with Crippen molar-refractivity contribution in [1.29, 1.82) is 0 Å². The summed E-state index contributed by atoms with van der Waals surface area (Å²) in [5.41, 5.74) is 1.41. The summed E-state index contributed by atoms with van der Waals surface area (Å²) in [7, 11) is 0. The van der Waals surface area contributed by atoms with Crippen molar-refractivity contribution < 1.29 is 14.6 Å². The normalized spacial score (nSPS) is 21.6. The number of aryl methyl sites for hydroxylation is 1. The van der Waals surface area contributed by atoms with Crippen molar-refractivity contribution in [2.45, 2.75) is 38.5 Å². The first-order chi connectivity index (χ1) is 9.06. The molecule has 0 saturated heterocycles. The third-order valence-electron chi connectivity index (χ3n) is 3.89. The van der Waals surface area contributed by atoms with Gasteiger partial charge in [-0.25, -0.2) is 0 Å². The molecule has 1 aliphatic rings. The number of aliphatic carboxylic acids is 1. The van der Waals surface area contributed by atoms with Gasteiger partial charge in [-0.05, 0) is 36.3 Å². The number of carbonyl (C=O) groups is 1. The van der Waals surface area contributed by atoms with Gasteiger partial charge < -0.3 is 9.84 Å². The highest BCUT2D eigenvalue weighted by Gasteiger charge is 2.44. The number of rotatable bonds is 6. The van der Waals surface area contributed by atoms with E-state index in [4.69, 9.17) is 4.74 Å². The van der Waals surface area contributed by atoms with Crippen LogP contribution in [0.1, 0.15) is 37.8 Å². The fourth-order valence-corrected chi connectivity index (χ4v) is 2.84. The molecule has 19 heavy (non-hydrogen) atoms. The van der Waals surface area contributed by atoms with Gasteiger partial charge in [-0.15, -0.1) is 0 Å². The topological polar surface area (TPSA) is 46.5 Å². The summed E-state index contributed by atoms with van der Waals surface area (Å²) in [5, 5.41) is 9.66. The largest absolute Gasteiger partial charge is 0.481 e. The van der Waals surface area contributed by atoms with E-state index >= 15 is 0 Å². The zero-order valence-electron chi connectivity index (χ0n) is 11.7. The molecule has 1 aromatic rings. The lowest BCUT2D eigenvalue weighted by Gasteiger charge is -2.25. The molecule has 0 aliphatic heterocycles. The lowest BCUT2D eigenvalue weighted by molar-refractivity contribution is -0.144. The molecule has 0 aromatic heterocycles. The van der Waals surface area contributed by atoms with E-state index in [1.165, 1.54) is 5.56 Å². The van der Waals surface area contributed by atoms with Gasteiger partial charge in [0.1, 0.15) is 0 Å². The van der Waals surface area contributed by atoms with Gasteiger partial charge in [0.2, 0.25) is 0 Å². The van der Waals surface area contributed by atoms with Gasteiger partial charge in [0.05, 0.1) is 5.41 Å². The van der Waals surface area contributed by atoms with E-state index in [0.717, 1.165) is 12.0 Å². The van der Waals surface area contributed by atoms with E-state index in [2.05, 4.69) is 13.8 Å². The van der Waals surface area contributed by atoms with Crippen molar-refractivity contribution in [3.8, 4) is 0 Å². The van der Waals surface area contributed by atoms with Crippen molar-refractivity contribution in [3.05, 3.63) is 35.4 Å². The third kappa shape index (κ3) is 2.81. The van der Waals surface area contributed by atoms with Gasteiger partial charge in [0, 0.05) is 13.2 Å². The van der Waals surface area contributed by atoms with E-state index in [1.807, 2.05) is 24.3 Å². The Hall–Kier alpha value is -1.35. The first kappa shape index (κ1) is 14.1. The molecule has 1 unspecified atom stereocenters. The molecule has 2 rings (SSSR count). The maximum atomic E-state index is 11.8. The minimum Gasteiger partial charge on any atom is -0.481 e. The van der Waals surface area contributed by atoms with Gasteiger partial charge in [-0.3, -0.25) is 4.79 Å². The zero-order valence-corrected chi connectivity index (χ0v) is 11.7. The van der Waals surface area contributed by atoms with Crippen molar-refractivity contribution in [3.63, 3.8) is 0 Å². The molecular weight excluding hydrogens is 240 g/mol. The average Bonchev–Trinajstić information content (AvgIpc) is 2.75. The Morgan fingerprint density at radius 3 is 2.84 bits per heavy atom. The van der Waals surface area contributed by atoms with E-state index in [1.54, 1.807) is 0 Å². The molecule has 1 aromatic carbocycles. The Bertz CT molecular complexity index is 453. The Morgan fingerprint density at radius 2 is 2.16 bits per heavy atom. The summed E-state index contributed by atoms with van der Waals surface area (Å²) in [4.78, 5) is 11.8. The lowest BCUT2D eigenvalue weighted by Crippen LogP contribution is -2.35. The smallest absolute Gasteiger partial charge is 0.314 e. The maximum Gasteiger partial charge on any atom is 0.314 e. The Balaban J connectivity index is 2.10. The quantitative estimate of drug-likeness (QED) is 0.802. The van der Waals surface area contributed by atoms with Crippen LogP contribution < -0.4 is 0 Å². The second kappa shape index (κ2) is 5.74. The van der Waals surface area contributed by atoms with Crippen LogP contribution in [0.5, 0.6) is 0 Å². The van der Waals surface area contributed by atoms with Gasteiger partial charge in [0.15, 0.2) is 0 Å². The summed E-state index contributed by atoms with van der Waals surface area (Å²) < 4.78 is 5.58. The molecular formula is C16H22O3. The zero-order chi connectivity index (χ0) is 13.9. The molecule has 0 saturated carbocycles. The third-order valence-corrected chi connectivity index (χ3v) is 3.89. The second-order valence-electron chi connectivity index (χ2n) is 5.76. The summed E-state index contributed by atoms with van der Waals surface area (Å²) in [6, 6.07) is 7.90. The highest BCUT2D eigenvalue weighted by molar-refractivity contribution is 5.83. The highest BCUT2D eigenvalue weighted by atomic mass is 16.5. The number of carboxylic acids is 1. The van der Waals surface area contributed by atoms with Crippen LogP contribution in [0.2, 0.25) is 0 Å². The predicted molar refractivity (Wildman–Crippen MR) is 74.4 cm³/mol. The number of carboxylic acid groups (broad SMARTS) is 1. The molecule has 0 bridgehead atoms. The van der Waals surface area contributed by atoms with E-state index in [-0.39, 0.29) is 0 Å². The SMILES string of the molecule is CC(C)COCCC1(C(=O)O)CCc2ccccc21. The van der Waals surface area contributed by atoms with Gasteiger partial charge >= 0.3 is 5.97 Å². The van der Waals surface area contributed by atoms with Crippen molar-refractivity contribution in [2.75, 3.05) is 13.2 Å². The molecule has 0 radical (unpaired) electrons. The molecule has 0 amide bonds. The summed E-state index contributed by atoms with van der Waals surface area (Å²) >= 11 is 0. The Morgan fingerprint density at radius 1 is 1.42 bits per heavy atom. The monoisotopic (exact) mass is 262 g/mol. The molecule has 3 nitrogen and oxygen atoms in total. The minimum absolute atomic E-state index is 0.483. The predicted octanol–water partition coefficient (Wildman–Crippen LogP) is 3.02. The Kier molecular flexibility index (Phi) is 4.25. The van der Waals surface area contributed by atoms with Crippen LogP contribution in [0.3, 0.4) is 0 Å². The van der Waals surface area contributed by atoms with E-state index < -0.39 is 11.4 Å². The van der Waals surface area contributed by atoms with Gasteiger partial charge in [-0.2, -0.15) is 0 Å². The average molecular weight is 262 g/mol. The van der Waals surface area contributed by atoms with Crippen LogP contribution in [0, 0.1) is 5.92 Å². The van der Waals surface area contributed by atoms with E-state index in [9.17, 15) is 9.90 Å². The number of hydrogen-bond acceptors (Lipinski definition) is 2. The number of hydrogen-bond donors (Lipinski definition) is 1. The molecule has 0 heterocycles. The molecule has 0 fully saturated rings. The summed E-state index contributed by atoms with van der Waals surface area (Å²) in [6.45, 7) is 5.39.